The maximum absolute atomic E-state index is 12.5. The summed E-state index contributed by atoms with van der Waals surface area (Å²) < 4.78 is 0. The van der Waals surface area contributed by atoms with Gasteiger partial charge in [0.15, 0.2) is 0 Å². The number of thioether (sulfide) groups is 1. The fourth-order valence-corrected chi connectivity index (χ4v) is 6.28. The first-order valence-corrected chi connectivity index (χ1v) is 15.2. The Labute approximate surface area is 248 Å². The van der Waals surface area contributed by atoms with Crippen molar-refractivity contribution >= 4 is 53.4 Å². The largest absolute Gasteiger partial charge is 0.481 e. The van der Waals surface area contributed by atoms with Gasteiger partial charge in [-0.25, -0.2) is 9.59 Å². The molecule has 2 heterocycles. The van der Waals surface area contributed by atoms with E-state index in [4.69, 9.17) is 5.11 Å². The molecule has 0 aliphatic carbocycles. The summed E-state index contributed by atoms with van der Waals surface area (Å²) in [5.74, 6) is -4.66. The summed E-state index contributed by atoms with van der Waals surface area (Å²) in [6.07, 6.45) is 5.05. The van der Waals surface area contributed by atoms with Gasteiger partial charge in [-0.1, -0.05) is 6.42 Å². The first-order chi connectivity index (χ1) is 19.9. The van der Waals surface area contributed by atoms with Crippen LogP contribution in [0.5, 0.6) is 0 Å². The van der Waals surface area contributed by atoms with Gasteiger partial charge in [-0.15, -0.1) is 11.8 Å². The SMILES string of the molecule is CC(=O)N[C@@H](CC(=O)NCCCCCNC(=O)CCCCC1CC2NC(=O)NC2S1)C(=O)N[C@@H](CCC(=O)O)C(=O)O. The fourth-order valence-electron chi connectivity index (χ4n) is 4.70. The normalized spacial score (nSPS) is 20.3. The van der Waals surface area contributed by atoms with E-state index in [9.17, 15) is 38.7 Å². The Morgan fingerprint density at radius 3 is 2.19 bits per heavy atom. The molecule has 2 rings (SSSR count). The number of hydrogen-bond donors (Lipinski definition) is 8. The van der Waals surface area contributed by atoms with E-state index < -0.39 is 54.6 Å². The minimum Gasteiger partial charge on any atom is -0.481 e. The molecule has 2 aliphatic heterocycles. The first kappa shape index (κ1) is 34.6. The van der Waals surface area contributed by atoms with Crippen molar-refractivity contribution < 1.29 is 43.8 Å². The molecule has 0 bridgehead atoms. The van der Waals surface area contributed by atoms with Gasteiger partial charge < -0.3 is 42.1 Å². The molecule has 3 unspecified atom stereocenters. The third-order valence-electron chi connectivity index (χ3n) is 6.83. The van der Waals surface area contributed by atoms with Gasteiger partial charge in [0.05, 0.1) is 17.8 Å². The molecule has 16 heteroatoms. The molecular formula is C26H42N6O9S. The summed E-state index contributed by atoms with van der Waals surface area (Å²) in [6.45, 7) is 1.99. The number of rotatable bonds is 20. The van der Waals surface area contributed by atoms with Crippen LogP contribution in [0.15, 0.2) is 0 Å². The average Bonchev–Trinajstić information content (AvgIpc) is 3.44. The molecule has 6 amide bonds. The molecule has 2 aliphatic rings. The van der Waals surface area contributed by atoms with Crippen LogP contribution in [0, 0.1) is 0 Å². The lowest BCUT2D eigenvalue weighted by molar-refractivity contribution is -0.143. The van der Waals surface area contributed by atoms with Crippen LogP contribution in [0.2, 0.25) is 0 Å². The Morgan fingerprint density at radius 1 is 0.881 bits per heavy atom. The number of hydrogen-bond acceptors (Lipinski definition) is 8. The van der Waals surface area contributed by atoms with E-state index in [0.717, 1.165) is 45.4 Å². The van der Waals surface area contributed by atoms with Crippen molar-refractivity contribution in [2.75, 3.05) is 13.1 Å². The van der Waals surface area contributed by atoms with E-state index in [1.54, 1.807) is 11.8 Å². The predicted molar refractivity (Wildman–Crippen MR) is 152 cm³/mol. The molecule has 0 spiro atoms. The number of carbonyl (C=O) groups excluding carboxylic acids is 5. The maximum Gasteiger partial charge on any atom is 0.326 e. The summed E-state index contributed by atoms with van der Waals surface area (Å²) in [7, 11) is 0. The molecule has 8 N–H and O–H groups in total. The molecule has 2 saturated heterocycles. The van der Waals surface area contributed by atoms with Crippen molar-refractivity contribution in [1.29, 1.82) is 0 Å². The maximum atomic E-state index is 12.5. The topological polar surface area (TPSA) is 232 Å². The summed E-state index contributed by atoms with van der Waals surface area (Å²) in [5.41, 5.74) is 0. The molecule has 236 valence electrons. The van der Waals surface area contributed by atoms with Gasteiger partial charge in [0, 0.05) is 38.1 Å². The Bertz CT molecular complexity index is 981. The lowest BCUT2D eigenvalue weighted by atomic mass is 10.1. The van der Waals surface area contributed by atoms with Gasteiger partial charge in [-0.05, 0) is 44.9 Å². The van der Waals surface area contributed by atoms with Crippen LogP contribution >= 0.6 is 11.8 Å². The Hall–Kier alpha value is -3.56. The minimum atomic E-state index is -1.48. The van der Waals surface area contributed by atoms with E-state index in [2.05, 4.69) is 31.9 Å². The Morgan fingerprint density at radius 2 is 1.57 bits per heavy atom. The molecular weight excluding hydrogens is 572 g/mol. The fraction of sp³-hybridized carbons (Fsp3) is 0.731. The molecule has 0 saturated carbocycles. The van der Waals surface area contributed by atoms with Crippen molar-refractivity contribution in [2.45, 2.75) is 106 Å². The molecule has 0 radical (unpaired) electrons. The van der Waals surface area contributed by atoms with Crippen molar-refractivity contribution in [3.63, 3.8) is 0 Å². The number of carboxylic acids is 2. The van der Waals surface area contributed by atoms with E-state index in [0.29, 0.717) is 31.2 Å². The second-order valence-electron chi connectivity index (χ2n) is 10.4. The van der Waals surface area contributed by atoms with Gasteiger partial charge in [-0.2, -0.15) is 0 Å². The van der Waals surface area contributed by atoms with Crippen molar-refractivity contribution in [2.24, 2.45) is 0 Å². The number of carbonyl (C=O) groups is 7. The zero-order valence-electron chi connectivity index (χ0n) is 23.7. The number of unbranched alkanes of at least 4 members (excludes halogenated alkanes) is 3. The van der Waals surface area contributed by atoms with Gasteiger partial charge in [0.2, 0.25) is 23.6 Å². The second-order valence-corrected chi connectivity index (χ2v) is 11.9. The van der Waals surface area contributed by atoms with Crippen molar-refractivity contribution in [3.8, 4) is 0 Å². The third-order valence-corrected chi connectivity index (χ3v) is 8.39. The third kappa shape index (κ3) is 13.4. The number of urea groups is 1. The van der Waals surface area contributed by atoms with Gasteiger partial charge in [0.25, 0.3) is 0 Å². The summed E-state index contributed by atoms with van der Waals surface area (Å²) in [6, 6.07) is -2.69. The molecule has 2 fully saturated rings. The van der Waals surface area contributed by atoms with Gasteiger partial charge >= 0.3 is 18.0 Å². The highest BCUT2D eigenvalue weighted by Gasteiger charge is 2.40. The monoisotopic (exact) mass is 614 g/mol. The molecule has 0 aromatic rings. The number of aliphatic carboxylic acids is 2. The lowest BCUT2D eigenvalue weighted by Gasteiger charge is -2.20. The van der Waals surface area contributed by atoms with Crippen LogP contribution in [0.3, 0.4) is 0 Å². The highest BCUT2D eigenvalue weighted by atomic mass is 32.2. The van der Waals surface area contributed by atoms with Crippen LogP contribution < -0.4 is 31.9 Å². The summed E-state index contributed by atoms with van der Waals surface area (Å²) in [4.78, 5) is 81.7. The second kappa shape index (κ2) is 18.1. The van der Waals surface area contributed by atoms with Crippen LogP contribution in [0.25, 0.3) is 0 Å². The first-order valence-electron chi connectivity index (χ1n) is 14.2. The van der Waals surface area contributed by atoms with E-state index in [-0.39, 0.29) is 29.8 Å². The van der Waals surface area contributed by atoms with E-state index >= 15 is 0 Å². The molecule has 42 heavy (non-hydrogen) atoms. The van der Waals surface area contributed by atoms with Crippen molar-refractivity contribution in [1.82, 2.24) is 31.9 Å². The highest BCUT2D eigenvalue weighted by molar-refractivity contribution is 8.00. The number of carboxylic acid groups (broad SMARTS) is 2. The summed E-state index contributed by atoms with van der Waals surface area (Å²) in [5, 5.41) is 34.5. The lowest BCUT2D eigenvalue weighted by Crippen LogP contribution is -2.52. The Kier molecular flexibility index (Phi) is 14.9. The minimum absolute atomic E-state index is 0.00330. The van der Waals surface area contributed by atoms with Crippen LogP contribution in [-0.4, -0.2) is 93.7 Å². The smallest absolute Gasteiger partial charge is 0.326 e. The molecule has 5 atom stereocenters. The van der Waals surface area contributed by atoms with E-state index in [1.807, 2.05) is 0 Å². The quantitative estimate of drug-likeness (QED) is 0.0841. The predicted octanol–water partition coefficient (Wildman–Crippen LogP) is -0.208. The number of nitrogens with one attached hydrogen (secondary N) is 6. The van der Waals surface area contributed by atoms with Gasteiger partial charge in [-0.3, -0.25) is 24.0 Å². The molecule has 0 aromatic heterocycles. The number of fused-ring (bicyclic) bond motifs is 1. The average molecular weight is 615 g/mol. The zero-order valence-corrected chi connectivity index (χ0v) is 24.6. The van der Waals surface area contributed by atoms with Crippen LogP contribution in [0.1, 0.15) is 77.6 Å². The molecule has 0 aromatic carbocycles. The van der Waals surface area contributed by atoms with Gasteiger partial charge in [0.1, 0.15) is 12.1 Å². The standard InChI is InChI=1S/C26H42N6O9S/c1-15(33)29-18(23(38)30-17(25(39)40)9-10-22(36)37)14-21(35)28-12-6-2-5-11-27-20(34)8-4-3-7-16-13-19-24(42-16)32-26(41)31-19/h16-19,24H,2-14H2,1H3,(H,27,34)(H,28,35)(H,29,33)(H,30,38)(H,36,37)(H,39,40)(H2,31,32,41)/t16?,17-,18-,19?,24?/m0/s1. The highest BCUT2D eigenvalue weighted by Crippen LogP contribution is 2.37. The zero-order chi connectivity index (χ0) is 31.1. The van der Waals surface area contributed by atoms with Crippen LogP contribution in [0.4, 0.5) is 4.79 Å². The Balaban J connectivity index is 1.53. The molecule has 15 nitrogen and oxygen atoms in total. The number of amides is 6. The van der Waals surface area contributed by atoms with Crippen LogP contribution in [-0.2, 0) is 28.8 Å². The van der Waals surface area contributed by atoms with Crippen molar-refractivity contribution in [3.05, 3.63) is 0 Å². The summed E-state index contributed by atoms with van der Waals surface area (Å²) >= 11 is 1.79. The van der Waals surface area contributed by atoms with E-state index in [1.165, 1.54) is 0 Å².